The minimum atomic E-state index is -0.345. The van der Waals surface area contributed by atoms with Gasteiger partial charge in [0.25, 0.3) is 0 Å². The molecule has 0 aliphatic carbocycles. The minimum absolute atomic E-state index is 0.335. The molecule has 3 nitrogen and oxygen atoms in total. The van der Waals surface area contributed by atoms with E-state index in [1.807, 2.05) is 36.4 Å². The molecule has 0 radical (unpaired) electrons. The van der Waals surface area contributed by atoms with Gasteiger partial charge in [0.2, 0.25) is 0 Å². The highest BCUT2D eigenvalue weighted by atomic mass is 79.9. The van der Waals surface area contributed by atoms with E-state index in [1.54, 1.807) is 6.07 Å². The quantitative estimate of drug-likeness (QED) is 0.649. The molecule has 2 aromatic carbocycles. The number of rotatable bonds is 4. The van der Waals surface area contributed by atoms with Crippen molar-refractivity contribution in [3.05, 3.63) is 57.5 Å². The third-order valence-electron chi connectivity index (χ3n) is 4.79. The lowest BCUT2D eigenvalue weighted by molar-refractivity contribution is 0.00578. The number of hydrogen-bond donors (Lipinski definition) is 0. The summed E-state index contributed by atoms with van der Waals surface area (Å²) in [5, 5.41) is 0.648. The lowest BCUT2D eigenvalue weighted by atomic mass is 9.79. The summed E-state index contributed by atoms with van der Waals surface area (Å²) in [4.78, 5) is 0. The van der Waals surface area contributed by atoms with Crippen LogP contribution in [0.5, 0.6) is 5.75 Å². The van der Waals surface area contributed by atoms with Crippen molar-refractivity contribution in [2.75, 3.05) is 0 Å². The molecule has 2 aromatic rings. The molecular formula is C19H21BBrClO3. The summed E-state index contributed by atoms with van der Waals surface area (Å²) in [5.41, 5.74) is 1.40. The smallest absolute Gasteiger partial charge is 0.488 e. The maximum atomic E-state index is 6.07. The summed E-state index contributed by atoms with van der Waals surface area (Å²) in [5.74, 6) is 0.725. The molecule has 25 heavy (non-hydrogen) atoms. The fourth-order valence-corrected chi connectivity index (χ4v) is 3.02. The third-order valence-corrected chi connectivity index (χ3v) is 5.68. The summed E-state index contributed by atoms with van der Waals surface area (Å²) >= 11 is 9.47. The molecule has 6 heteroatoms. The van der Waals surface area contributed by atoms with E-state index in [-0.39, 0.29) is 18.3 Å². The van der Waals surface area contributed by atoms with Gasteiger partial charge < -0.3 is 14.0 Å². The summed E-state index contributed by atoms with van der Waals surface area (Å²) in [7, 11) is -0.345. The van der Waals surface area contributed by atoms with E-state index < -0.39 is 0 Å². The van der Waals surface area contributed by atoms with Gasteiger partial charge in [-0.2, -0.15) is 0 Å². The Bertz CT molecular complexity index is 746. The first kappa shape index (κ1) is 18.8. The molecule has 0 aromatic heterocycles. The van der Waals surface area contributed by atoms with Crippen LogP contribution in [0.3, 0.4) is 0 Å². The number of halogens is 2. The zero-order valence-electron chi connectivity index (χ0n) is 14.8. The van der Waals surface area contributed by atoms with Crippen molar-refractivity contribution in [2.24, 2.45) is 0 Å². The fourth-order valence-electron chi connectivity index (χ4n) is 2.50. The van der Waals surface area contributed by atoms with Gasteiger partial charge in [0, 0.05) is 5.02 Å². The van der Waals surface area contributed by atoms with Gasteiger partial charge in [0.1, 0.15) is 12.4 Å². The Labute approximate surface area is 162 Å². The SMILES string of the molecule is CC1(C)OB(c2ccc(COc3cc(Cl)ccc3Br)cc2)OC1(C)C. The van der Waals surface area contributed by atoms with E-state index in [1.165, 1.54) is 0 Å². The molecule has 1 fully saturated rings. The molecule has 0 atom stereocenters. The summed E-state index contributed by atoms with van der Waals surface area (Å²) in [6, 6.07) is 13.6. The molecule has 132 valence electrons. The van der Waals surface area contributed by atoms with E-state index in [2.05, 4.69) is 43.6 Å². The largest absolute Gasteiger partial charge is 0.494 e. The predicted octanol–water partition coefficient (Wildman–Crippen LogP) is 4.98. The number of hydrogen-bond acceptors (Lipinski definition) is 3. The first-order valence-electron chi connectivity index (χ1n) is 8.20. The highest BCUT2D eigenvalue weighted by Crippen LogP contribution is 2.36. The molecule has 0 amide bonds. The van der Waals surface area contributed by atoms with Gasteiger partial charge in [-0.15, -0.1) is 0 Å². The second-order valence-corrected chi connectivity index (χ2v) is 8.48. The molecule has 0 spiro atoms. The van der Waals surface area contributed by atoms with E-state index in [0.717, 1.165) is 21.2 Å². The maximum Gasteiger partial charge on any atom is 0.494 e. The van der Waals surface area contributed by atoms with E-state index in [0.29, 0.717) is 11.6 Å². The zero-order chi connectivity index (χ0) is 18.2. The highest BCUT2D eigenvalue weighted by Gasteiger charge is 2.51. The molecule has 0 saturated carbocycles. The van der Waals surface area contributed by atoms with E-state index in [4.69, 9.17) is 25.6 Å². The van der Waals surface area contributed by atoms with Crippen LogP contribution < -0.4 is 10.2 Å². The lowest BCUT2D eigenvalue weighted by Gasteiger charge is -2.32. The maximum absolute atomic E-state index is 6.07. The molecule has 3 rings (SSSR count). The van der Waals surface area contributed by atoms with Crippen molar-refractivity contribution >= 4 is 40.1 Å². The van der Waals surface area contributed by atoms with E-state index >= 15 is 0 Å². The van der Waals surface area contributed by atoms with Gasteiger partial charge in [-0.05, 0) is 72.9 Å². The fraction of sp³-hybridized carbons (Fsp3) is 0.368. The third kappa shape index (κ3) is 4.06. The summed E-state index contributed by atoms with van der Waals surface area (Å²) in [6.45, 7) is 8.68. The van der Waals surface area contributed by atoms with Crippen molar-refractivity contribution < 1.29 is 14.0 Å². The van der Waals surface area contributed by atoms with Gasteiger partial charge in [-0.3, -0.25) is 0 Å². The Morgan fingerprint density at radius 1 is 1.00 bits per heavy atom. The topological polar surface area (TPSA) is 27.7 Å². The molecule has 1 saturated heterocycles. The predicted molar refractivity (Wildman–Crippen MR) is 106 cm³/mol. The van der Waals surface area contributed by atoms with Crippen LogP contribution >= 0.6 is 27.5 Å². The molecule has 0 unspecified atom stereocenters. The molecule has 0 bridgehead atoms. The van der Waals surface area contributed by atoms with Crippen LogP contribution in [0.25, 0.3) is 0 Å². The van der Waals surface area contributed by atoms with Crippen molar-refractivity contribution in [2.45, 2.75) is 45.5 Å². The molecule has 1 aliphatic heterocycles. The Kier molecular flexibility index (Phi) is 5.22. The van der Waals surface area contributed by atoms with Crippen LogP contribution in [0.1, 0.15) is 33.3 Å². The van der Waals surface area contributed by atoms with Crippen LogP contribution in [0.4, 0.5) is 0 Å². The van der Waals surface area contributed by atoms with Gasteiger partial charge in [0.15, 0.2) is 0 Å². The Morgan fingerprint density at radius 2 is 1.60 bits per heavy atom. The minimum Gasteiger partial charge on any atom is -0.488 e. The molecule has 1 heterocycles. The molecular weight excluding hydrogens is 402 g/mol. The highest BCUT2D eigenvalue weighted by molar-refractivity contribution is 9.10. The van der Waals surface area contributed by atoms with Gasteiger partial charge >= 0.3 is 7.12 Å². The van der Waals surface area contributed by atoms with Crippen LogP contribution in [-0.2, 0) is 15.9 Å². The normalized spacial score (nSPS) is 18.4. The average molecular weight is 424 g/mol. The van der Waals surface area contributed by atoms with Crippen LogP contribution in [-0.4, -0.2) is 18.3 Å². The summed E-state index contributed by atoms with van der Waals surface area (Å²) < 4.78 is 18.9. The molecule has 0 N–H and O–H groups in total. The first-order valence-corrected chi connectivity index (χ1v) is 9.37. The Morgan fingerprint density at radius 3 is 2.20 bits per heavy atom. The second-order valence-electron chi connectivity index (χ2n) is 7.19. The second kappa shape index (κ2) is 6.95. The van der Waals surface area contributed by atoms with Crippen molar-refractivity contribution in [1.29, 1.82) is 0 Å². The van der Waals surface area contributed by atoms with Gasteiger partial charge in [-0.1, -0.05) is 35.9 Å². The van der Waals surface area contributed by atoms with Crippen molar-refractivity contribution in [1.82, 2.24) is 0 Å². The van der Waals surface area contributed by atoms with Crippen LogP contribution in [0.2, 0.25) is 5.02 Å². The standard InChI is InChI=1S/C19H21BBrClO3/c1-18(2)19(3,4)25-20(24-18)14-7-5-13(6-8-14)12-23-17-11-15(22)9-10-16(17)21/h5-11H,12H2,1-4H3. The Balaban J connectivity index is 1.66. The number of ether oxygens (including phenoxy) is 1. The summed E-state index contributed by atoms with van der Waals surface area (Å²) in [6.07, 6.45) is 0. The lowest BCUT2D eigenvalue weighted by Crippen LogP contribution is -2.41. The van der Waals surface area contributed by atoms with Crippen molar-refractivity contribution in [3.63, 3.8) is 0 Å². The first-order chi connectivity index (χ1) is 11.7. The average Bonchev–Trinajstić information content (AvgIpc) is 2.77. The monoisotopic (exact) mass is 422 g/mol. The van der Waals surface area contributed by atoms with Crippen LogP contribution in [0, 0.1) is 0 Å². The van der Waals surface area contributed by atoms with Crippen molar-refractivity contribution in [3.8, 4) is 5.75 Å². The van der Waals surface area contributed by atoms with Gasteiger partial charge in [0.05, 0.1) is 15.7 Å². The molecule has 1 aliphatic rings. The number of benzene rings is 2. The van der Waals surface area contributed by atoms with Gasteiger partial charge in [-0.25, -0.2) is 0 Å². The van der Waals surface area contributed by atoms with E-state index in [9.17, 15) is 0 Å². The zero-order valence-corrected chi connectivity index (χ0v) is 17.1. The Hall–Kier alpha value is -1.01. The van der Waals surface area contributed by atoms with Crippen LogP contribution in [0.15, 0.2) is 46.9 Å².